The first-order valence-electron chi connectivity index (χ1n) is 9.47. The summed E-state index contributed by atoms with van der Waals surface area (Å²) < 4.78 is 5.21. The molecule has 7 nitrogen and oxygen atoms in total. The summed E-state index contributed by atoms with van der Waals surface area (Å²) >= 11 is 0. The lowest BCUT2D eigenvalue weighted by Crippen LogP contribution is -2.37. The largest absolute Gasteiger partial charge is 0.453 e. The first-order valence-corrected chi connectivity index (χ1v) is 9.47. The number of carbonyl (C=O) groups excluding carboxylic acids is 2. The number of pyridine rings is 1. The summed E-state index contributed by atoms with van der Waals surface area (Å²) in [7, 11) is 0. The Kier molecular flexibility index (Phi) is 7.72. The van der Waals surface area contributed by atoms with Crippen LogP contribution in [0, 0.1) is 25.2 Å². The molecular formula is C22H25N3O4. The minimum absolute atomic E-state index is 0.0419. The minimum Gasteiger partial charge on any atom is -0.453 e. The van der Waals surface area contributed by atoms with E-state index in [0.717, 1.165) is 11.1 Å². The Bertz CT molecular complexity index is 974. The monoisotopic (exact) mass is 395 g/mol. The summed E-state index contributed by atoms with van der Waals surface area (Å²) in [5.41, 5.74) is 2.64. The summed E-state index contributed by atoms with van der Waals surface area (Å²) in [5.74, 6) is -0.864. The summed E-state index contributed by atoms with van der Waals surface area (Å²) in [4.78, 5) is 38.6. The summed E-state index contributed by atoms with van der Waals surface area (Å²) in [5, 5.41) is 11.9. The minimum atomic E-state index is -0.897. The van der Waals surface area contributed by atoms with Crippen LogP contribution in [-0.4, -0.2) is 29.5 Å². The molecule has 0 aliphatic carbocycles. The van der Waals surface area contributed by atoms with Crippen molar-refractivity contribution in [3.63, 3.8) is 0 Å². The van der Waals surface area contributed by atoms with Gasteiger partial charge in [0.2, 0.25) is 0 Å². The van der Waals surface area contributed by atoms with Gasteiger partial charge >= 0.3 is 5.97 Å². The molecule has 7 heteroatoms. The maximum Gasteiger partial charge on any atom is 0.306 e. The summed E-state index contributed by atoms with van der Waals surface area (Å²) in [6, 6.07) is 11.7. The van der Waals surface area contributed by atoms with Crippen molar-refractivity contribution in [1.29, 1.82) is 5.26 Å². The molecule has 0 saturated carbocycles. The van der Waals surface area contributed by atoms with Crippen molar-refractivity contribution >= 4 is 11.9 Å². The van der Waals surface area contributed by atoms with Gasteiger partial charge in [-0.1, -0.05) is 30.3 Å². The number of nitriles is 1. The Morgan fingerprint density at radius 2 is 1.90 bits per heavy atom. The van der Waals surface area contributed by atoms with E-state index in [9.17, 15) is 14.4 Å². The van der Waals surface area contributed by atoms with Crippen molar-refractivity contribution in [3.05, 3.63) is 68.6 Å². The van der Waals surface area contributed by atoms with E-state index in [1.807, 2.05) is 36.4 Å². The molecule has 0 aliphatic heterocycles. The maximum atomic E-state index is 12.1. The van der Waals surface area contributed by atoms with Crippen molar-refractivity contribution in [3.8, 4) is 6.07 Å². The molecule has 0 saturated heterocycles. The van der Waals surface area contributed by atoms with E-state index in [-0.39, 0.29) is 17.9 Å². The number of hydrogen-bond donors (Lipinski definition) is 2. The van der Waals surface area contributed by atoms with E-state index in [1.165, 1.54) is 6.92 Å². The van der Waals surface area contributed by atoms with E-state index < -0.39 is 17.6 Å². The molecule has 0 aliphatic rings. The van der Waals surface area contributed by atoms with Crippen LogP contribution in [0.25, 0.3) is 0 Å². The van der Waals surface area contributed by atoms with Gasteiger partial charge in [-0.2, -0.15) is 5.26 Å². The smallest absolute Gasteiger partial charge is 0.306 e. The van der Waals surface area contributed by atoms with Crippen LogP contribution in [-0.2, 0) is 27.2 Å². The SMILES string of the molecule is Cc1[nH]c(=O)c(C#N)c(C)c1CCC(=O)O[C@@H](C)C(=O)NCCc1ccccc1. The number of H-pyrrole nitrogens is 1. The van der Waals surface area contributed by atoms with Gasteiger partial charge in [0.05, 0.1) is 0 Å². The third-order valence-electron chi connectivity index (χ3n) is 4.73. The Morgan fingerprint density at radius 3 is 2.55 bits per heavy atom. The van der Waals surface area contributed by atoms with Gasteiger partial charge in [-0.15, -0.1) is 0 Å². The van der Waals surface area contributed by atoms with Crippen LogP contribution in [0.4, 0.5) is 0 Å². The molecule has 152 valence electrons. The number of amides is 1. The molecule has 2 rings (SSSR count). The molecule has 0 radical (unpaired) electrons. The molecule has 1 heterocycles. The molecule has 1 aromatic carbocycles. The highest BCUT2D eigenvalue weighted by Gasteiger charge is 2.19. The first-order chi connectivity index (χ1) is 13.8. The third kappa shape index (κ3) is 6.04. The van der Waals surface area contributed by atoms with Gasteiger partial charge < -0.3 is 15.0 Å². The highest BCUT2D eigenvalue weighted by atomic mass is 16.5. The highest BCUT2D eigenvalue weighted by molar-refractivity contribution is 5.83. The zero-order valence-corrected chi connectivity index (χ0v) is 16.9. The molecule has 1 aromatic heterocycles. The molecule has 1 atom stereocenters. The Labute approximate surface area is 169 Å². The maximum absolute atomic E-state index is 12.1. The fraction of sp³-hybridized carbons (Fsp3) is 0.364. The van der Waals surface area contributed by atoms with Gasteiger partial charge in [0.1, 0.15) is 11.6 Å². The Hall–Kier alpha value is -3.40. The number of rotatable bonds is 8. The van der Waals surface area contributed by atoms with E-state index >= 15 is 0 Å². The number of aromatic amines is 1. The number of nitrogens with zero attached hydrogens (tertiary/aromatic N) is 1. The number of esters is 1. The van der Waals surface area contributed by atoms with Gasteiger partial charge in [-0.25, -0.2) is 0 Å². The first kappa shape index (κ1) is 21.9. The van der Waals surface area contributed by atoms with E-state index in [1.54, 1.807) is 13.8 Å². The van der Waals surface area contributed by atoms with Crippen LogP contribution >= 0.6 is 0 Å². The average molecular weight is 395 g/mol. The molecule has 1 amide bonds. The number of nitrogens with one attached hydrogen (secondary N) is 2. The number of aromatic nitrogens is 1. The van der Waals surface area contributed by atoms with Gasteiger partial charge in [0.25, 0.3) is 11.5 Å². The third-order valence-corrected chi connectivity index (χ3v) is 4.73. The fourth-order valence-electron chi connectivity index (χ4n) is 3.08. The molecule has 2 aromatic rings. The average Bonchev–Trinajstić information content (AvgIpc) is 2.68. The normalized spacial score (nSPS) is 11.4. The quantitative estimate of drug-likeness (QED) is 0.665. The number of aryl methyl sites for hydroxylation is 1. The zero-order valence-electron chi connectivity index (χ0n) is 16.9. The molecule has 0 bridgehead atoms. The lowest BCUT2D eigenvalue weighted by molar-refractivity contribution is -0.154. The summed E-state index contributed by atoms with van der Waals surface area (Å²) in [6.07, 6.45) is 0.148. The predicted molar refractivity (Wildman–Crippen MR) is 108 cm³/mol. The van der Waals surface area contributed by atoms with Crippen LogP contribution in [0.3, 0.4) is 0 Å². The van der Waals surface area contributed by atoms with Crippen LogP contribution in [0.15, 0.2) is 35.1 Å². The molecule has 0 unspecified atom stereocenters. The van der Waals surface area contributed by atoms with Crippen LogP contribution in [0.1, 0.15) is 41.3 Å². The van der Waals surface area contributed by atoms with Gasteiger partial charge in [0, 0.05) is 18.7 Å². The van der Waals surface area contributed by atoms with Crippen molar-refractivity contribution < 1.29 is 14.3 Å². The van der Waals surface area contributed by atoms with Gasteiger partial charge in [0.15, 0.2) is 6.10 Å². The molecule has 0 spiro atoms. The fourth-order valence-corrected chi connectivity index (χ4v) is 3.08. The second-order valence-electron chi connectivity index (χ2n) is 6.83. The number of hydrogen-bond acceptors (Lipinski definition) is 5. The number of ether oxygens (including phenoxy) is 1. The van der Waals surface area contributed by atoms with Crippen LogP contribution in [0.2, 0.25) is 0 Å². The molecule has 0 fully saturated rings. The van der Waals surface area contributed by atoms with E-state index in [0.29, 0.717) is 30.6 Å². The number of benzene rings is 1. The van der Waals surface area contributed by atoms with Crippen LogP contribution < -0.4 is 10.9 Å². The molecule has 29 heavy (non-hydrogen) atoms. The lowest BCUT2D eigenvalue weighted by atomic mass is 9.99. The number of carbonyl (C=O) groups is 2. The Morgan fingerprint density at radius 1 is 1.21 bits per heavy atom. The Balaban J connectivity index is 1.84. The molecular weight excluding hydrogens is 370 g/mol. The standard InChI is InChI=1S/C22H25N3O4/c1-14-18(15(2)25-22(28)19(14)13-23)9-10-20(26)29-16(3)21(27)24-12-11-17-7-5-4-6-8-17/h4-8,16H,9-12H2,1-3H3,(H,24,27)(H,25,28)/t16-/m0/s1. The molecule has 2 N–H and O–H groups in total. The van der Waals surface area contributed by atoms with Gasteiger partial charge in [-0.3, -0.25) is 14.4 Å². The topological polar surface area (TPSA) is 112 Å². The second-order valence-corrected chi connectivity index (χ2v) is 6.83. The highest BCUT2D eigenvalue weighted by Crippen LogP contribution is 2.15. The van der Waals surface area contributed by atoms with Crippen molar-refractivity contribution in [2.45, 2.75) is 46.1 Å². The van der Waals surface area contributed by atoms with E-state index in [2.05, 4.69) is 10.3 Å². The van der Waals surface area contributed by atoms with Crippen molar-refractivity contribution in [1.82, 2.24) is 10.3 Å². The van der Waals surface area contributed by atoms with Crippen molar-refractivity contribution in [2.24, 2.45) is 0 Å². The second kappa shape index (κ2) is 10.2. The van der Waals surface area contributed by atoms with Crippen molar-refractivity contribution in [2.75, 3.05) is 6.54 Å². The summed E-state index contributed by atoms with van der Waals surface area (Å²) in [6.45, 7) is 5.39. The van der Waals surface area contributed by atoms with E-state index in [4.69, 9.17) is 10.00 Å². The van der Waals surface area contributed by atoms with Gasteiger partial charge in [-0.05, 0) is 50.3 Å². The van der Waals surface area contributed by atoms with Crippen LogP contribution in [0.5, 0.6) is 0 Å². The zero-order chi connectivity index (χ0) is 21.4. The lowest BCUT2D eigenvalue weighted by Gasteiger charge is -2.14. The predicted octanol–water partition coefficient (Wildman–Crippen LogP) is 2.09.